The van der Waals surface area contributed by atoms with Crippen LogP contribution in [0.5, 0.6) is 0 Å². The van der Waals surface area contributed by atoms with E-state index >= 15 is 0 Å². The summed E-state index contributed by atoms with van der Waals surface area (Å²) in [7, 11) is 0. The van der Waals surface area contributed by atoms with Gasteiger partial charge >= 0.3 is 0 Å². The van der Waals surface area contributed by atoms with Crippen LogP contribution in [0.25, 0.3) is 0 Å². The zero-order valence-corrected chi connectivity index (χ0v) is 20.2. The highest BCUT2D eigenvalue weighted by Gasteiger charge is 2.25. The molecule has 0 aliphatic carbocycles. The first kappa shape index (κ1) is 29.5. The molecular formula is C25H54ClN. The second-order valence-electron chi connectivity index (χ2n) is 8.70. The Balaban J connectivity index is 0. The highest BCUT2D eigenvalue weighted by molar-refractivity contribution is 6.23. The largest absolute Gasteiger partial charge is 0.344 e. The maximum Gasteiger partial charge on any atom is 0.0446 e. The van der Waals surface area contributed by atoms with E-state index in [9.17, 15) is 0 Å². The van der Waals surface area contributed by atoms with Gasteiger partial charge in [-0.3, -0.25) is 0 Å². The maximum atomic E-state index is 7.16. The summed E-state index contributed by atoms with van der Waals surface area (Å²) in [5.41, 5.74) is 0. The monoisotopic (exact) mass is 403 g/mol. The number of alkyl halides is 1. The van der Waals surface area contributed by atoms with E-state index in [0.29, 0.717) is 0 Å². The standard InChI is InChI=1S/C25H51Cl.H3N/c1-4-7-10-13-16-19-22-25(26,23-20-17-14-11-8-5-2)24-21-18-15-12-9-6-3;/h4-24H2,1-3H3;1H3. The number of halogens is 1. The normalized spacial score (nSPS) is 11.6. The fraction of sp³-hybridized carbons (Fsp3) is 1.00. The van der Waals surface area contributed by atoms with Crippen LogP contribution in [0.2, 0.25) is 0 Å². The van der Waals surface area contributed by atoms with E-state index in [1.54, 1.807) is 0 Å². The van der Waals surface area contributed by atoms with E-state index in [-0.39, 0.29) is 11.0 Å². The van der Waals surface area contributed by atoms with E-state index in [4.69, 9.17) is 11.6 Å². The molecule has 0 radical (unpaired) electrons. The second-order valence-corrected chi connectivity index (χ2v) is 9.51. The van der Waals surface area contributed by atoms with Crippen molar-refractivity contribution in [2.75, 3.05) is 0 Å². The zero-order valence-electron chi connectivity index (χ0n) is 19.4. The maximum absolute atomic E-state index is 7.16. The molecule has 2 heteroatoms. The van der Waals surface area contributed by atoms with E-state index < -0.39 is 0 Å². The van der Waals surface area contributed by atoms with E-state index in [0.717, 1.165) is 0 Å². The van der Waals surface area contributed by atoms with Gasteiger partial charge in [0, 0.05) is 4.87 Å². The molecule has 0 atom stereocenters. The third-order valence-electron chi connectivity index (χ3n) is 5.94. The Morgan fingerprint density at radius 2 is 0.630 bits per heavy atom. The molecule has 166 valence electrons. The lowest BCUT2D eigenvalue weighted by molar-refractivity contribution is 0.395. The van der Waals surface area contributed by atoms with Crippen LogP contribution < -0.4 is 6.15 Å². The minimum absolute atomic E-state index is 0. The summed E-state index contributed by atoms with van der Waals surface area (Å²) in [5.74, 6) is 0. The quantitative estimate of drug-likeness (QED) is 0.150. The Morgan fingerprint density at radius 3 is 0.889 bits per heavy atom. The fourth-order valence-electron chi connectivity index (χ4n) is 4.04. The number of hydrogen-bond acceptors (Lipinski definition) is 1. The molecule has 1 nitrogen and oxygen atoms in total. The van der Waals surface area contributed by atoms with Gasteiger partial charge in [0.2, 0.25) is 0 Å². The third-order valence-corrected chi connectivity index (χ3v) is 6.50. The lowest BCUT2D eigenvalue weighted by Crippen LogP contribution is -2.21. The topological polar surface area (TPSA) is 35.0 Å². The first-order valence-corrected chi connectivity index (χ1v) is 12.7. The van der Waals surface area contributed by atoms with Crippen molar-refractivity contribution in [1.82, 2.24) is 6.15 Å². The van der Waals surface area contributed by atoms with Gasteiger partial charge in [-0.2, -0.15) is 0 Å². The van der Waals surface area contributed by atoms with Crippen molar-refractivity contribution < 1.29 is 0 Å². The van der Waals surface area contributed by atoms with Crippen molar-refractivity contribution in [3.8, 4) is 0 Å². The van der Waals surface area contributed by atoms with Crippen molar-refractivity contribution in [2.45, 2.75) is 160 Å². The van der Waals surface area contributed by atoms with Crippen LogP contribution in [0.4, 0.5) is 0 Å². The molecule has 0 unspecified atom stereocenters. The second kappa shape index (κ2) is 22.5. The third kappa shape index (κ3) is 20.8. The molecule has 0 saturated heterocycles. The van der Waals surface area contributed by atoms with Crippen LogP contribution in [0.1, 0.15) is 156 Å². The van der Waals surface area contributed by atoms with Gasteiger partial charge in [0.05, 0.1) is 0 Å². The lowest BCUT2D eigenvalue weighted by Gasteiger charge is -2.27. The van der Waals surface area contributed by atoms with Gasteiger partial charge in [-0.1, -0.05) is 136 Å². The van der Waals surface area contributed by atoms with Crippen LogP contribution in [0.3, 0.4) is 0 Å². The highest BCUT2D eigenvalue weighted by Crippen LogP contribution is 2.35. The summed E-state index contributed by atoms with van der Waals surface area (Å²) in [6, 6.07) is 0. The molecule has 0 spiro atoms. The average Bonchev–Trinajstić information content (AvgIpc) is 2.64. The van der Waals surface area contributed by atoms with Gasteiger partial charge in [0.1, 0.15) is 0 Å². The first-order valence-electron chi connectivity index (χ1n) is 12.4. The van der Waals surface area contributed by atoms with Gasteiger partial charge in [0.15, 0.2) is 0 Å². The summed E-state index contributed by atoms with van der Waals surface area (Å²) in [6.07, 6.45) is 28.7. The molecule has 0 amide bonds. The van der Waals surface area contributed by atoms with Crippen molar-refractivity contribution in [3.63, 3.8) is 0 Å². The fourth-order valence-corrected chi connectivity index (χ4v) is 4.44. The Bertz CT molecular complexity index is 226. The smallest absolute Gasteiger partial charge is 0.0446 e. The van der Waals surface area contributed by atoms with Crippen LogP contribution in [0, 0.1) is 0 Å². The molecule has 0 aromatic rings. The number of rotatable bonds is 21. The Kier molecular flexibility index (Phi) is 24.6. The van der Waals surface area contributed by atoms with E-state index in [2.05, 4.69) is 20.8 Å². The minimum atomic E-state index is 0. The molecule has 0 aromatic heterocycles. The molecule has 0 aromatic carbocycles. The van der Waals surface area contributed by atoms with Crippen molar-refractivity contribution in [3.05, 3.63) is 0 Å². The van der Waals surface area contributed by atoms with Gasteiger partial charge < -0.3 is 6.15 Å². The van der Waals surface area contributed by atoms with Crippen LogP contribution in [-0.4, -0.2) is 4.87 Å². The Hall–Kier alpha value is 0.250. The summed E-state index contributed by atoms with van der Waals surface area (Å²) < 4.78 is 0. The van der Waals surface area contributed by atoms with Gasteiger partial charge in [0.25, 0.3) is 0 Å². The summed E-state index contributed by atoms with van der Waals surface area (Å²) in [6.45, 7) is 6.89. The molecule has 0 aliphatic heterocycles. The Labute approximate surface area is 178 Å². The average molecular weight is 404 g/mol. The first-order chi connectivity index (χ1) is 12.7. The molecule has 0 heterocycles. The number of hydrogen-bond donors (Lipinski definition) is 1. The lowest BCUT2D eigenvalue weighted by atomic mass is 9.88. The molecular weight excluding hydrogens is 350 g/mol. The Morgan fingerprint density at radius 1 is 0.407 bits per heavy atom. The van der Waals surface area contributed by atoms with Crippen LogP contribution in [-0.2, 0) is 0 Å². The van der Waals surface area contributed by atoms with Gasteiger partial charge in [-0.05, 0) is 19.3 Å². The highest BCUT2D eigenvalue weighted by atomic mass is 35.5. The van der Waals surface area contributed by atoms with Crippen LogP contribution in [0.15, 0.2) is 0 Å². The number of unbranched alkanes of at least 4 members (excludes halogenated alkanes) is 15. The SMILES string of the molecule is CCCCCCCCC(Cl)(CCCCCCCC)CCCCCCCC.N. The van der Waals surface area contributed by atoms with Gasteiger partial charge in [-0.25, -0.2) is 0 Å². The van der Waals surface area contributed by atoms with Gasteiger partial charge in [-0.15, -0.1) is 11.6 Å². The molecule has 0 rings (SSSR count). The molecule has 0 fully saturated rings. The summed E-state index contributed by atoms with van der Waals surface area (Å²) in [5, 5.41) is 0. The summed E-state index contributed by atoms with van der Waals surface area (Å²) >= 11 is 7.16. The molecule has 27 heavy (non-hydrogen) atoms. The van der Waals surface area contributed by atoms with Crippen LogP contribution >= 0.6 is 11.6 Å². The predicted molar refractivity (Wildman–Crippen MR) is 128 cm³/mol. The molecule has 0 saturated carbocycles. The summed E-state index contributed by atoms with van der Waals surface area (Å²) in [4.78, 5) is 0.111. The predicted octanol–water partition coefficient (Wildman–Crippen LogP) is 10.4. The van der Waals surface area contributed by atoms with Crippen molar-refractivity contribution >= 4 is 11.6 Å². The van der Waals surface area contributed by atoms with Crippen molar-refractivity contribution in [2.24, 2.45) is 0 Å². The zero-order chi connectivity index (χ0) is 19.3. The minimum Gasteiger partial charge on any atom is -0.344 e. The van der Waals surface area contributed by atoms with E-state index in [1.165, 1.54) is 135 Å². The molecule has 3 N–H and O–H groups in total. The molecule has 0 bridgehead atoms. The molecule has 0 aliphatic rings. The van der Waals surface area contributed by atoms with Crippen molar-refractivity contribution in [1.29, 1.82) is 0 Å². The van der Waals surface area contributed by atoms with E-state index in [1.807, 2.05) is 0 Å².